The summed E-state index contributed by atoms with van der Waals surface area (Å²) in [4.78, 5) is 0. The fraction of sp³-hybridized carbons (Fsp3) is 0.250. The van der Waals surface area contributed by atoms with E-state index in [9.17, 15) is 0 Å². The van der Waals surface area contributed by atoms with Crippen molar-refractivity contribution in [3.8, 4) is 0 Å². The number of hydrogen-bond acceptors (Lipinski definition) is 0. The molecule has 0 amide bonds. The third-order valence-corrected chi connectivity index (χ3v) is 5.36. The molecule has 0 nitrogen and oxygen atoms in total. The molecule has 0 heterocycles. The van der Waals surface area contributed by atoms with Crippen LogP contribution in [0.5, 0.6) is 0 Å². The molecule has 0 N–H and O–H groups in total. The third-order valence-electron chi connectivity index (χ3n) is 3.39. The zero-order chi connectivity index (χ0) is 12.4. The largest absolute Gasteiger partial charge is 0.0878 e. The van der Waals surface area contributed by atoms with E-state index in [-0.39, 0.29) is 9.52 Å². The maximum absolute atomic E-state index is 2.35. The molecule has 2 rings (SSSR count). The summed E-state index contributed by atoms with van der Waals surface area (Å²) in [5, 5.41) is 3.13. The minimum absolute atomic E-state index is 0.327. The monoisotopic (exact) mass is 240 g/mol. The van der Waals surface area contributed by atoms with Crippen molar-refractivity contribution >= 4 is 19.9 Å². The molecular weight excluding hydrogens is 220 g/mol. The molecule has 0 aliphatic rings. The summed E-state index contributed by atoms with van der Waals surface area (Å²) in [5.41, 5.74) is 5.67. The molecule has 0 atom stereocenters. The van der Waals surface area contributed by atoms with Gasteiger partial charge in [-0.25, -0.2) is 0 Å². The summed E-state index contributed by atoms with van der Waals surface area (Å²) in [7, 11) is -0.327. The molecule has 0 spiro atoms. The lowest BCUT2D eigenvalue weighted by molar-refractivity contribution is 1.37. The highest BCUT2D eigenvalue weighted by atomic mass is 28.2. The molecular formula is C16H20Si. The van der Waals surface area contributed by atoms with Gasteiger partial charge < -0.3 is 0 Å². The van der Waals surface area contributed by atoms with Crippen LogP contribution in [-0.2, 0) is 0 Å². The highest BCUT2D eigenvalue weighted by Gasteiger charge is 2.03. The predicted molar refractivity (Wildman–Crippen MR) is 79.6 cm³/mol. The van der Waals surface area contributed by atoms with Crippen LogP contribution in [0.15, 0.2) is 36.4 Å². The van der Waals surface area contributed by atoms with Crippen LogP contribution in [0.4, 0.5) is 0 Å². The maximum atomic E-state index is 2.35. The predicted octanol–water partition coefficient (Wildman–Crippen LogP) is 2.04. The van der Waals surface area contributed by atoms with Crippen LogP contribution in [0.3, 0.4) is 0 Å². The summed E-state index contributed by atoms with van der Waals surface area (Å²) in [6.45, 7) is 8.83. The zero-order valence-corrected chi connectivity index (χ0v) is 12.6. The fourth-order valence-electron chi connectivity index (χ4n) is 2.39. The van der Waals surface area contributed by atoms with Gasteiger partial charge in [-0.3, -0.25) is 0 Å². The van der Waals surface area contributed by atoms with Crippen LogP contribution in [0.2, 0.25) is 0 Å². The highest BCUT2D eigenvalue weighted by molar-refractivity contribution is 6.67. The third kappa shape index (κ3) is 2.86. The van der Waals surface area contributed by atoms with Crippen molar-refractivity contribution in [3.05, 3.63) is 58.7 Å². The van der Waals surface area contributed by atoms with Crippen molar-refractivity contribution < 1.29 is 0 Å². The van der Waals surface area contributed by atoms with Gasteiger partial charge in [-0.15, -0.1) is 0 Å². The molecule has 0 aliphatic carbocycles. The fourth-order valence-corrected chi connectivity index (χ4v) is 4.48. The number of hydrogen-bond donors (Lipinski definition) is 0. The summed E-state index contributed by atoms with van der Waals surface area (Å²) in [6.07, 6.45) is 0. The average molecular weight is 240 g/mol. The Balaban J connectivity index is 2.34. The Morgan fingerprint density at radius 1 is 0.824 bits per heavy atom. The Morgan fingerprint density at radius 3 is 2.12 bits per heavy atom. The van der Waals surface area contributed by atoms with E-state index in [1.165, 1.54) is 22.3 Å². The van der Waals surface area contributed by atoms with Gasteiger partial charge in [0, 0.05) is 0 Å². The topological polar surface area (TPSA) is 0 Å². The van der Waals surface area contributed by atoms with E-state index in [0.29, 0.717) is 0 Å². The zero-order valence-electron chi connectivity index (χ0n) is 11.2. The van der Waals surface area contributed by atoms with Crippen molar-refractivity contribution in [2.24, 2.45) is 0 Å². The Hall–Kier alpha value is -1.34. The van der Waals surface area contributed by atoms with Gasteiger partial charge in [0.1, 0.15) is 0 Å². The van der Waals surface area contributed by atoms with Gasteiger partial charge in [-0.1, -0.05) is 57.9 Å². The van der Waals surface area contributed by atoms with E-state index >= 15 is 0 Å². The smallest absolute Gasteiger partial charge is 0.0630 e. The van der Waals surface area contributed by atoms with E-state index in [2.05, 4.69) is 64.1 Å². The lowest BCUT2D eigenvalue weighted by Crippen LogP contribution is -2.29. The molecule has 0 aliphatic heterocycles. The molecule has 2 aromatic rings. The molecule has 2 aromatic carbocycles. The van der Waals surface area contributed by atoms with Crippen LogP contribution in [-0.4, -0.2) is 9.52 Å². The van der Waals surface area contributed by atoms with Crippen LogP contribution in [0.25, 0.3) is 0 Å². The Labute approximate surface area is 107 Å². The molecule has 0 saturated carbocycles. The summed E-state index contributed by atoms with van der Waals surface area (Å²) in [6, 6.07) is 13.6. The summed E-state index contributed by atoms with van der Waals surface area (Å²) < 4.78 is 0. The number of aryl methyl sites for hydroxylation is 3. The first-order valence-corrected chi connectivity index (χ1v) is 7.60. The minimum Gasteiger partial charge on any atom is -0.0630 e. The molecule has 0 fully saturated rings. The van der Waals surface area contributed by atoms with Crippen molar-refractivity contribution in [2.75, 3.05) is 0 Å². The summed E-state index contributed by atoms with van der Waals surface area (Å²) in [5.74, 6) is 0. The van der Waals surface area contributed by atoms with Crippen LogP contribution in [0.1, 0.15) is 22.3 Å². The van der Waals surface area contributed by atoms with E-state index in [0.717, 1.165) is 0 Å². The lowest BCUT2D eigenvalue weighted by Gasteiger charge is -2.09. The SMILES string of the molecule is Cc1cc(C)cc([SiH2]c2cccc(C)c2C)c1. The van der Waals surface area contributed by atoms with Gasteiger partial charge in [-0.05, 0) is 38.8 Å². The second-order valence-electron chi connectivity index (χ2n) is 5.03. The molecule has 17 heavy (non-hydrogen) atoms. The van der Waals surface area contributed by atoms with Crippen molar-refractivity contribution in [1.82, 2.24) is 0 Å². The van der Waals surface area contributed by atoms with Crippen LogP contribution < -0.4 is 10.4 Å². The van der Waals surface area contributed by atoms with E-state index in [4.69, 9.17) is 0 Å². The Bertz CT molecular complexity index is 521. The van der Waals surface area contributed by atoms with Crippen LogP contribution in [0, 0.1) is 27.7 Å². The number of benzene rings is 2. The standard InChI is InChI=1S/C16H20Si/c1-11-8-12(2)10-15(9-11)17-16-7-5-6-13(3)14(16)4/h5-10H,17H2,1-4H3. The van der Waals surface area contributed by atoms with Crippen molar-refractivity contribution in [3.63, 3.8) is 0 Å². The average Bonchev–Trinajstić information content (AvgIpc) is 2.23. The quantitative estimate of drug-likeness (QED) is 0.705. The Kier molecular flexibility index (Phi) is 3.48. The van der Waals surface area contributed by atoms with Crippen LogP contribution >= 0.6 is 0 Å². The molecule has 88 valence electrons. The van der Waals surface area contributed by atoms with E-state index in [1.54, 1.807) is 10.4 Å². The Morgan fingerprint density at radius 2 is 1.47 bits per heavy atom. The normalized spacial score (nSPS) is 11.3. The van der Waals surface area contributed by atoms with Gasteiger partial charge in [0.15, 0.2) is 0 Å². The summed E-state index contributed by atoms with van der Waals surface area (Å²) >= 11 is 0. The molecule has 0 aromatic heterocycles. The first-order valence-electron chi connectivity index (χ1n) is 6.18. The first kappa shape index (κ1) is 12.1. The minimum atomic E-state index is -0.327. The van der Waals surface area contributed by atoms with E-state index < -0.39 is 0 Å². The molecule has 1 heteroatoms. The van der Waals surface area contributed by atoms with Crippen molar-refractivity contribution in [1.29, 1.82) is 0 Å². The second kappa shape index (κ2) is 4.88. The van der Waals surface area contributed by atoms with Gasteiger partial charge in [0.25, 0.3) is 0 Å². The molecule has 0 saturated heterocycles. The van der Waals surface area contributed by atoms with Crippen molar-refractivity contribution in [2.45, 2.75) is 27.7 Å². The molecule has 0 radical (unpaired) electrons. The lowest BCUT2D eigenvalue weighted by atomic mass is 10.1. The van der Waals surface area contributed by atoms with E-state index in [1.807, 2.05) is 0 Å². The van der Waals surface area contributed by atoms with Gasteiger partial charge in [-0.2, -0.15) is 0 Å². The maximum Gasteiger partial charge on any atom is 0.0878 e. The van der Waals surface area contributed by atoms with Gasteiger partial charge in [0.2, 0.25) is 0 Å². The number of rotatable bonds is 2. The molecule has 0 unspecified atom stereocenters. The highest BCUT2D eigenvalue weighted by Crippen LogP contribution is 2.03. The van der Waals surface area contributed by atoms with Gasteiger partial charge >= 0.3 is 0 Å². The first-order chi connectivity index (χ1) is 8.06. The van der Waals surface area contributed by atoms with Gasteiger partial charge in [0.05, 0.1) is 9.52 Å². The molecule has 0 bridgehead atoms. The second-order valence-corrected chi connectivity index (χ2v) is 6.96.